The van der Waals surface area contributed by atoms with Gasteiger partial charge in [-0.1, -0.05) is 25.5 Å². The fourth-order valence-corrected chi connectivity index (χ4v) is 1.04. The lowest BCUT2D eigenvalue weighted by atomic mass is 10.1. The molecule has 0 aromatic carbocycles. The van der Waals surface area contributed by atoms with E-state index in [9.17, 15) is 0 Å². The van der Waals surface area contributed by atoms with Crippen LogP contribution in [0.4, 0.5) is 0 Å². The number of allylic oxidation sites excluding steroid dienone is 1. The summed E-state index contributed by atoms with van der Waals surface area (Å²) < 4.78 is 0. The third-order valence-electron chi connectivity index (χ3n) is 1.66. The molecule has 10 heavy (non-hydrogen) atoms. The summed E-state index contributed by atoms with van der Waals surface area (Å²) in [4.78, 5) is 2.25. The number of hydrogen-bond donors (Lipinski definition) is 0. The van der Waals surface area contributed by atoms with E-state index < -0.39 is 0 Å². The first-order valence-corrected chi connectivity index (χ1v) is 4.01. The van der Waals surface area contributed by atoms with Crippen molar-refractivity contribution in [2.75, 3.05) is 14.1 Å². The van der Waals surface area contributed by atoms with Gasteiger partial charge >= 0.3 is 0 Å². The Hall–Kier alpha value is -0.300. The molecule has 0 bridgehead atoms. The number of nitrogens with zero attached hydrogens (tertiary/aromatic N) is 1. The summed E-state index contributed by atoms with van der Waals surface area (Å²) in [7, 11) is 4.25. The Morgan fingerprint density at radius 1 is 1.40 bits per heavy atom. The Morgan fingerprint density at radius 2 is 2.00 bits per heavy atom. The van der Waals surface area contributed by atoms with E-state index in [0.29, 0.717) is 6.04 Å². The van der Waals surface area contributed by atoms with Crippen molar-refractivity contribution in [2.24, 2.45) is 0 Å². The zero-order valence-electron chi connectivity index (χ0n) is 7.59. The molecule has 1 atom stereocenters. The van der Waals surface area contributed by atoms with Crippen LogP contribution in [0.15, 0.2) is 12.2 Å². The standard InChI is InChI=1S/C9H19N/c1-5-7-9(8-6-2)10(3)4/h5,7,9H,6,8H2,1-4H3/b7-5+. The van der Waals surface area contributed by atoms with Gasteiger partial charge in [-0.25, -0.2) is 0 Å². The molecule has 0 heterocycles. The van der Waals surface area contributed by atoms with Crippen LogP contribution in [0, 0.1) is 0 Å². The Balaban J connectivity index is 3.72. The topological polar surface area (TPSA) is 3.24 Å². The molecule has 0 aromatic heterocycles. The summed E-state index contributed by atoms with van der Waals surface area (Å²) in [6.45, 7) is 4.30. The fourth-order valence-electron chi connectivity index (χ4n) is 1.04. The van der Waals surface area contributed by atoms with E-state index in [1.165, 1.54) is 12.8 Å². The first-order chi connectivity index (χ1) is 4.72. The van der Waals surface area contributed by atoms with E-state index in [1.807, 2.05) is 0 Å². The Labute approximate surface area is 64.7 Å². The van der Waals surface area contributed by atoms with Crippen LogP contribution in [0.3, 0.4) is 0 Å². The first-order valence-electron chi connectivity index (χ1n) is 4.01. The fraction of sp³-hybridized carbons (Fsp3) is 0.778. The third kappa shape index (κ3) is 3.67. The highest BCUT2D eigenvalue weighted by molar-refractivity contribution is 4.90. The molecule has 0 aliphatic rings. The number of rotatable bonds is 4. The van der Waals surface area contributed by atoms with Crippen LogP contribution < -0.4 is 0 Å². The van der Waals surface area contributed by atoms with Gasteiger partial charge in [0.1, 0.15) is 0 Å². The van der Waals surface area contributed by atoms with Crippen LogP contribution in [0.2, 0.25) is 0 Å². The van der Waals surface area contributed by atoms with E-state index in [0.717, 1.165) is 0 Å². The summed E-state index contributed by atoms with van der Waals surface area (Å²) in [5, 5.41) is 0. The SMILES string of the molecule is C/C=C/C(CCC)N(C)C. The zero-order valence-corrected chi connectivity index (χ0v) is 7.59. The van der Waals surface area contributed by atoms with Crippen LogP contribution in [-0.2, 0) is 0 Å². The molecule has 1 nitrogen and oxygen atoms in total. The van der Waals surface area contributed by atoms with Crippen LogP contribution in [0.1, 0.15) is 26.7 Å². The van der Waals surface area contributed by atoms with Crippen molar-refractivity contribution < 1.29 is 0 Å². The molecule has 0 aliphatic carbocycles. The van der Waals surface area contributed by atoms with E-state index in [1.54, 1.807) is 0 Å². The lowest BCUT2D eigenvalue weighted by molar-refractivity contribution is 0.326. The molecule has 1 heteroatoms. The third-order valence-corrected chi connectivity index (χ3v) is 1.66. The molecular formula is C9H19N. The second-order valence-electron chi connectivity index (χ2n) is 2.85. The van der Waals surface area contributed by atoms with Gasteiger partial charge in [-0.2, -0.15) is 0 Å². The van der Waals surface area contributed by atoms with Gasteiger partial charge in [-0.15, -0.1) is 0 Å². The highest BCUT2D eigenvalue weighted by atomic mass is 15.1. The smallest absolute Gasteiger partial charge is 0.0271 e. The maximum absolute atomic E-state index is 2.25. The van der Waals surface area contributed by atoms with Crippen molar-refractivity contribution in [3.63, 3.8) is 0 Å². The number of likely N-dealkylation sites (N-methyl/N-ethyl adjacent to an activating group) is 1. The molecule has 60 valence electrons. The van der Waals surface area contributed by atoms with Crippen LogP contribution in [0.25, 0.3) is 0 Å². The van der Waals surface area contributed by atoms with Gasteiger partial charge in [0.25, 0.3) is 0 Å². The van der Waals surface area contributed by atoms with E-state index >= 15 is 0 Å². The predicted octanol–water partition coefficient (Wildman–Crippen LogP) is 2.29. The molecule has 0 rings (SSSR count). The monoisotopic (exact) mass is 141 g/mol. The summed E-state index contributed by atoms with van der Waals surface area (Å²) in [6.07, 6.45) is 6.90. The first kappa shape index (κ1) is 9.70. The van der Waals surface area contributed by atoms with E-state index in [2.05, 4.69) is 45.0 Å². The van der Waals surface area contributed by atoms with E-state index in [-0.39, 0.29) is 0 Å². The highest BCUT2D eigenvalue weighted by Gasteiger charge is 2.03. The lowest BCUT2D eigenvalue weighted by Crippen LogP contribution is -2.25. The maximum Gasteiger partial charge on any atom is 0.0271 e. The summed E-state index contributed by atoms with van der Waals surface area (Å²) in [6, 6.07) is 0.634. The summed E-state index contributed by atoms with van der Waals surface area (Å²) >= 11 is 0. The Morgan fingerprint density at radius 3 is 2.30 bits per heavy atom. The number of hydrogen-bond acceptors (Lipinski definition) is 1. The summed E-state index contributed by atoms with van der Waals surface area (Å²) in [5.74, 6) is 0. The van der Waals surface area contributed by atoms with Gasteiger partial charge in [-0.3, -0.25) is 0 Å². The molecule has 0 spiro atoms. The summed E-state index contributed by atoms with van der Waals surface area (Å²) in [5.41, 5.74) is 0. The van der Waals surface area contributed by atoms with Gasteiger partial charge in [-0.05, 0) is 27.4 Å². The molecule has 1 unspecified atom stereocenters. The van der Waals surface area contributed by atoms with E-state index in [4.69, 9.17) is 0 Å². The van der Waals surface area contributed by atoms with Crippen LogP contribution in [-0.4, -0.2) is 25.0 Å². The largest absolute Gasteiger partial charge is 0.303 e. The Bertz CT molecular complexity index is 94.9. The average Bonchev–Trinajstić information content (AvgIpc) is 1.87. The zero-order chi connectivity index (χ0) is 7.98. The van der Waals surface area contributed by atoms with Crippen molar-refractivity contribution in [3.05, 3.63) is 12.2 Å². The normalized spacial score (nSPS) is 14.9. The van der Waals surface area contributed by atoms with Crippen molar-refractivity contribution in [2.45, 2.75) is 32.7 Å². The second kappa shape index (κ2) is 5.48. The van der Waals surface area contributed by atoms with Crippen molar-refractivity contribution in [3.8, 4) is 0 Å². The second-order valence-corrected chi connectivity index (χ2v) is 2.85. The highest BCUT2D eigenvalue weighted by Crippen LogP contribution is 2.03. The van der Waals surface area contributed by atoms with Crippen molar-refractivity contribution in [1.29, 1.82) is 0 Å². The lowest BCUT2D eigenvalue weighted by Gasteiger charge is -2.19. The molecule has 0 aliphatic heterocycles. The molecule has 0 saturated carbocycles. The van der Waals surface area contributed by atoms with Gasteiger partial charge in [0.2, 0.25) is 0 Å². The maximum atomic E-state index is 2.25. The molecule has 0 saturated heterocycles. The minimum atomic E-state index is 0.634. The van der Waals surface area contributed by atoms with Gasteiger partial charge in [0, 0.05) is 6.04 Å². The van der Waals surface area contributed by atoms with Crippen LogP contribution in [0.5, 0.6) is 0 Å². The van der Waals surface area contributed by atoms with Gasteiger partial charge in [0.05, 0.1) is 0 Å². The molecule has 0 fully saturated rings. The average molecular weight is 141 g/mol. The van der Waals surface area contributed by atoms with Crippen molar-refractivity contribution in [1.82, 2.24) is 4.90 Å². The quantitative estimate of drug-likeness (QED) is 0.543. The minimum Gasteiger partial charge on any atom is -0.303 e. The molecule has 0 N–H and O–H groups in total. The van der Waals surface area contributed by atoms with Gasteiger partial charge < -0.3 is 4.90 Å². The molecular weight excluding hydrogens is 122 g/mol. The van der Waals surface area contributed by atoms with Crippen LogP contribution >= 0.6 is 0 Å². The predicted molar refractivity (Wildman–Crippen MR) is 47.2 cm³/mol. The molecule has 0 aromatic rings. The molecule has 0 radical (unpaired) electrons. The van der Waals surface area contributed by atoms with Gasteiger partial charge in [0.15, 0.2) is 0 Å². The van der Waals surface area contributed by atoms with Crippen molar-refractivity contribution >= 4 is 0 Å². The molecule has 0 amide bonds. The Kier molecular flexibility index (Phi) is 5.32. The minimum absolute atomic E-state index is 0.634.